The number of piperazine rings is 1. The molecule has 1 N–H and O–H groups in total. The van der Waals surface area contributed by atoms with Gasteiger partial charge in [0.1, 0.15) is 5.75 Å². The minimum atomic E-state index is 0. The zero-order valence-corrected chi connectivity index (χ0v) is 22.5. The van der Waals surface area contributed by atoms with Gasteiger partial charge in [0.25, 0.3) is 0 Å². The second-order valence-electron chi connectivity index (χ2n) is 8.56. The number of anilines is 1. The Bertz CT molecular complexity index is 975. The number of hydrogen-bond acceptors (Lipinski definition) is 4. The lowest BCUT2D eigenvalue weighted by Gasteiger charge is -2.38. The van der Waals surface area contributed by atoms with E-state index in [9.17, 15) is 4.79 Å². The van der Waals surface area contributed by atoms with Gasteiger partial charge in [-0.1, -0.05) is 36.4 Å². The summed E-state index contributed by atoms with van der Waals surface area (Å²) >= 11 is 0. The average Bonchev–Trinajstić information content (AvgIpc) is 2.88. The maximum Gasteiger partial charge on any atom is 0.222 e. The van der Waals surface area contributed by atoms with Gasteiger partial charge in [-0.15, -0.1) is 24.0 Å². The number of methoxy groups -OCH3 is 1. The molecule has 2 aliphatic rings. The van der Waals surface area contributed by atoms with Crippen LogP contribution in [0, 0.1) is 0 Å². The number of amides is 1. The van der Waals surface area contributed by atoms with Crippen LogP contribution in [0.1, 0.15) is 24.0 Å². The predicted octanol–water partition coefficient (Wildman–Crippen LogP) is 3.38. The molecule has 2 aliphatic heterocycles. The summed E-state index contributed by atoms with van der Waals surface area (Å²) in [6.45, 7) is 5.91. The van der Waals surface area contributed by atoms with E-state index in [1.807, 2.05) is 24.1 Å². The first kappa shape index (κ1) is 26.1. The molecule has 1 fully saturated rings. The molecule has 184 valence electrons. The normalized spacial score (nSPS) is 15.9. The fraction of sp³-hybridized carbons (Fsp3) is 0.462. The highest BCUT2D eigenvalue weighted by Gasteiger charge is 2.22. The summed E-state index contributed by atoms with van der Waals surface area (Å²) in [4.78, 5) is 23.8. The van der Waals surface area contributed by atoms with Gasteiger partial charge < -0.3 is 24.8 Å². The first-order valence-electron chi connectivity index (χ1n) is 11.9. The summed E-state index contributed by atoms with van der Waals surface area (Å²) in [6.07, 6.45) is 2.32. The highest BCUT2D eigenvalue weighted by Crippen LogP contribution is 2.28. The van der Waals surface area contributed by atoms with Crippen LogP contribution in [0.4, 0.5) is 5.69 Å². The van der Waals surface area contributed by atoms with E-state index in [1.54, 1.807) is 7.11 Å². The van der Waals surface area contributed by atoms with Gasteiger partial charge >= 0.3 is 0 Å². The van der Waals surface area contributed by atoms with Crippen molar-refractivity contribution >= 4 is 41.5 Å². The van der Waals surface area contributed by atoms with Gasteiger partial charge in [0.2, 0.25) is 5.91 Å². The van der Waals surface area contributed by atoms with Crippen LogP contribution in [0.25, 0.3) is 0 Å². The molecule has 0 aliphatic carbocycles. The zero-order chi connectivity index (χ0) is 23.0. The van der Waals surface area contributed by atoms with E-state index in [4.69, 9.17) is 4.74 Å². The van der Waals surface area contributed by atoms with Crippen molar-refractivity contribution in [3.05, 3.63) is 59.7 Å². The van der Waals surface area contributed by atoms with E-state index in [-0.39, 0.29) is 29.9 Å². The summed E-state index contributed by atoms with van der Waals surface area (Å²) in [5.74, 6) is 2.07. The Labute approximate surface area is 220 Å². The SMILES string of the molecule is CN=C(NCCCC(=O)N1CCc2ccccc2C1)N1CCN(c2ccccc2OC)CC1.I. The Hall–Kier alpha value is -2.49. The minimum absolute atomic E-state index is 0. The van der Waals surface area contributed by atoms with E-state index in [2.05, 4.69) is 56.5 Å². The Balaban J connectivity index is 0.00000324. The van der Waals surface area contributed by atoms with Gasteiger partial charge in [-0.05, 0) is 36.1 Å². The Morgan fingerprint density at radius 3 is 2.41 bits per heavy atom. The summed E-state index contributed by atoms with van der Waals surface area (Å²) in [5, 5.41) is 3.45. The molecular formula is C26H36IN5O2. The fourth-order valence-corrected chi connectivity index (χ4v) is 4.69. The maximum atomic E-state index is 12.7. The number of para-hydroxylation sites is 2. The third kappa shape index (κ3) is 6.34. The van der Waals surface area contributed by atoms with E-state index >= 15 is 0 Å². The molecule has 1 saturated heterocycles. The number of halogens is 1. The van der Waals surface area contributed by atoms with Crippen molar-refractivity contribution in [3.8, 4) is 5.75 Å². The first-order valence-corrected chi connectivity index (χ1v) is 11.9. The Morgan fingerprint density at radius 2 is 1.68 bits per heavy atom. The van der Waals surface area contributed by atoms with Gasteiger partial charge in [-0.2, -0.15) is 0 Å². The van der Waals surface area contributed by atoms with Crippen LogP contribution in [0.15, 0.2) is 53.5 Å². The number of carbonyl (C=O) groups is 1. The molecular weight excluding hydrogens is 541 g/mol. The quantitative estimate of drug-likeness (QED) is 0.247. The molecule has 0 spiro atoms. The number of rotatable bonds is 6. The lowest BCUT2D eigenvalue weighted by molar-refractivity contribution is -0.132. The molecule has 4 rings (SSSR count). The lowest BCUT2D eigenvalue weighted by atomic mass is 9.99. The Morgan fingerprint density at radius 1 is 0.971 bits per heavy atom. The van der Waals surface area contributed by atoms with Gasteiger partial charge in [0.05, 0.1) is 12.8 Å². The number of nitrogens with one attached hydrogen (secondary N) is 1. The average molecular weight is 578 g/mol. The molecule has 0 unspecified atom stereocenters. The van der Waals surface area contributed by atoms with Crippen LogP contribution < -0.4 is 15.0 Å². The minimum Gasteiger partial charge on any atom is -0.495 e. The summed E-state index contributed by atoms with van der Waals surface area (Å²) in [5.41, 5.74) is 3.79. The first-order chi connectivity index (χ1) is 16.2. The molecule has 0 saturated carbocycles. The molecule has 8 heteroatoms. The number of nitrogens with zero attached hydrogens (tertiary/aromatic N) is 4. The lowest BCUT2D eigenvalue weighted by Crippen LogP contribution is -2.52. The predicted molar refractivity (Wildman–Crippen MR) is 148 cm³/mol. The largest absolute Gasteiger partial charge is 0.495 e. The van der Waals surface area contributed by atoms with Crippen molar-refractivity contribution in [1.29, 1.82) is 0 Å². The van der Waals surface area contributed by atoms with Gasteiger partial charge in [0.15, 0.2) is 5.96 Å². The second-order valence-corrected chi connectivity index (χ2v) is 8.56. The second kappa shape index (κ2) is 12.8. The molecule has 0 aromatic heterocycles. The fourth-order valence-electron chi connectivity index (χ4n) is 4.69. The van der Waals surface area contributed by atoms with Crippen molar-refractivity contribution in [2.45, 2.75) is 25.8 Å². The number of fused-ring (bicyclic) bond motifs is 1. The van der Waals surface area contributed by atoms with Crippen molar-refractivity contribution in [3.63, 3.8) is 0 Å². The van der Waals surface area contributed by atoms with Gasteiger partial charge in [-0.25, -0.2) is 0 Å². The van der Waals surface area contributed by atoms with Crippen molar-refractivity contribution in [2.75, 3.05) is 58.3 Å². The van der Waals surface area contributed by atoms with Crippen LogP contribution in [0.5, 0.6) is 5.75 Å². The molecule has 1 amide bonds. The van der Waals surface area contributed by atoms with E-state index in [1.165, 1.54) is 11.1 Å². The topological polar surface area (TPSA) is 60.4 Å². The molecule has 34 heavy (non-hydrogen) atoms. The van der Waals surface area contributed by atoms with Crippen LogP contribution in [0.2, 0.25) is 0 Å². The molecule has 0 radical (unpaired) electrons. The third-order valence-corrected chi connectivity index (χ3v) is 6.55. The van der Waals surface area contributed by atoms with Crippen molar-refractivity contribution in [1.82, 2.24) is 15.1 Å². The number of benzene rings is 2. The molecule has 0 atom stereocenters. The van der Waals surface area contributed by atoms with E-state index in [0.717, 1.165) is 76.1 Å². The number of carbonyl (C=O) groups excluding carboxylic acids is 1. The Kier molecular flexibility index (Phi) is 9.86. The number of aliphatic imine (C=N–C) groups is 1. The highest BCUT2D eigenvalue weighted by molar-refractivity contribution is 14.0. The maximum absolute atomic E-state index is 12.7. The van der Waals surface area contributed by atoms with Gasteiger partial charge in [-0.3, -0.25) is 9.79 Å². The standard InChI is InChI=1S/C26H35N5O2.HI/c1-27-26(30-18-16-29(17-19-30)23-10-5-6-11-24(23)33-2)28-14-7-12-25(32)31-15-13-21-8-3-4-9-22(21)20-31;/h3-6,8-11H,7,12-20H2,1-2H3,(H,27,28);1H. The molecule has 2 aromatic rings. The summed E-state index contributed by atoms with van der Waals surface area (Å²) in [6, 6.07) is 16.6. The molecule has 2 aromatic carbocycles. The van der Waals surface area contributed by atoms with Crippen LogP contribution >= 0.6 is 24.0 Å². The molecule has 2 heterocycles. The smallest absolute Gasteiger partial charge is 0.222 e. The van der Waals surface area contributed by atoms with E-state index in [0.29, 0.717) is 6.42 Å². The van der Waals surface area contributed by atoms with Crippen molar-refractivity contribution in [2.24, 2.45) is 4.99 Å². The monoisotopic (exact) mass is 577 g/mol. The van der Waals surface area contributed by atoms with E-state index < -0.39 is 0 Å². The van der Waals surface area contributed by atoms with Crippen LogP contribution in [0.3, 0.4) is 0 Å². The number of hydrogen-bond donors (Lipinski definition) is 1. The molecule has 0 bridgehead atoms. The van der Waals surface area contributed by atoms with Crippen molar-refractivity contribution < 1.29 is 9.53 Å². The van der Waals surface area contributed by atoms with Crippen LogP contribution in [-0.2, 0) is 17.8 Å². The highest BCUT2D eigenvalue weighted by atomic mass is 127. The van der Waals surface area contributed by atoms with Crippen LogP contribution in [-0.4, -0.2) is 75.1 Å². The number of ether oxygens (including phenoxy) is 1. The third-order valence-electron chi connectivity index (χ3n) is 6.55. The van der Waals surface area contributed by atoms with Gasteiger partial charge in [0, 0.05) is 59.3 Å². The number of guanidine groups is 1. The summed E-state index contributed by atoms with van der Waals surface area (Å²) in [7, 11) is 3.54. The zero-order valence-electron chi connectivity index (χ0n) is 20.2. The molecule has 7 nitrogen and oxygen atoms in total. The summed E-state index contributed by atoms with van der Waals surface area (Å²) < 4.78 is 5.52.